The number of carbonyl (C=O) groups is 1. The summed E-state index contributed by atoms with van der Waals surface area (Å²) in [4.78, 5) is 12.5. The molecule has 1 fully saturated rings. The van der Waals surface area contributed by atoms with Crippen LogP contribution in [0.3, 0.4) is 0 Å². The molecule has 4 rings (SSSR count). The lowest BCUT2D eigenvalue weighted by molar-refractivity contribution is 0.0946. The van der Waals surface area contributed by atoms with Gasteiger partial charge in [-0.15, -0.1) is 5.10 Å². The highest BCUT2D eigenvalue weighted by Crippen LogP contribution is 2.21. The van der Waals surface area contributed by atoms with Crippen LogP contribution in [0.15, 0.2) is 48.8 Å². The third kappa shape index (κ3) is 3.05. The van der Waals surface area contributed by atoms with Crippen LogP contribution in [0.25, 0.3) is 5.82 Å². The lowest BCUT2D eigenvalue weighted by Crippen LogP contribution is -2.27. The second-order valence-electron chi connectivity index (χ2n) is 5.88. The Labute approximate surface area is 144 Å². The summed E-state index contributed by atoms with van der Waals surface area (Å²) in [5.41, 5.74) is 1.37. The van der Waals surface area contributed by atoms with E-state index in [4.69, 9.17) is 11.6 Å². The van der Waals surface area contributed by atoms with Crippen LogP contribution in [0.2, 0.25) is 5.02 Å². The molecule has 1 amide bonds. The summed E-state index contributed by atoms with van der Waals surface area (Å²) in [6.07, 6.45) is 5.82. The zero-order chi connectivity index (χ0) is 16.5. The van der Waals surface area contributed by atoms with Crippen molar-refractivity contribution >= 4 is 17.5 Å². The van der Waals surface area contributed by atoms with Gasteiger partial charge in [0, 0.05) is 23.5 Å². The third-order valence-electron chi connectivity index (χ3n) is 3.93. The summed E-state index contributed by atoms with van der Waals surface area (Å²) in [6, 6.07) is 11.6. The first-order valence-electron chi connectivity index (χ1n) is 7.83. The van der Waals surface area contributed by atoms with E-state index in [0.717, 1.165) is 18.4 Å². The minimum absolute atomic E-state index is 0.177. The van der Waals surface area contributed by atoms with Crippen LogP contribution < -0.4 is 5.32 Å². The molecule has 1 aliphatic carbocycles. The highest BCUT2D eigenvalue weighted by molar-refractivity contribution is 6.30. The minimum atomic E-state index is -0.177. The average molecular weight is 342 g/mol. The van der Waals surface area contributed by atoms with Gasteiger partial charge in [-0.3, -0.25) is 4.79 Å². The Morgan fingerprint density at radius 3 is 2.58 bits per heavy atom. The van der Waals surface area contributed by atoms with Crippen LogP contribution in [0.5, 0.6) is 0 Å². The van der Waals surface area contributed by atoms with Gasteiger partial charge in [-0.2, -0.15) is 0 Å². The maximum atomic E-state index is 12.5. The second kappa shape index (κ2) is 6.13. The van der Waals surface area contributed by atoms with Gasteiger partial charge in [0.25, 0.3) is 5.91 Å². The second-order valence-corrected chi connectivity index (χ2v) is 6.32. The van der Waals surface area contributed by atoms with Crippen LogP contribution in [0.1, 0.15) is 28.9 Å². The standard InChI is InChI=1S/C17H16ClN5O/c18-13-5-3-12(4-6-13)11-23-17(22-9-1-2-10-22)15(20-21-23)16(24)19-14-7-8-14/h1-6,9-10,14H,7-8,11H2,(H,19,24). The summed E-state index contributed by atoms with van der Waals surface area (Å²) in [5, 5.41) is 12.0. The maximum Gasteiger partial charge on any atom is 0.275 e. The van der Waals surface area contributed by atoms with E-state index < -0.39 is 0 Å². The van der Waals surface area contributed by atoms with Gasteiger partial charge in [0.05, 0.1) is 6.54 Å². The summed E-state index contributed by atoms with van der Waals surface area (Å²) < 4.78 is 3.59. The molecule has 0 radical (unpaired) electrons. The fourth-order valence-electron chi connectivity index (χ4n) is 2.54. The molecule has 0 saturated heterocycles. The van der Waals surface area contributed by atoms with E-state index >= 15 is 0 Å². The monoisotopic (exact) mass is 341 g/mol. The van der Waals surface area contributed by atoms with E-state index in [0.29, 0.717) is 23.1 Å². The van der Waals surface area contributed by atoms with E-state index in [2.05, 4.69) is 15.6 Å². The molecule has 6 nitrogen and oxygen atoms in total. The number of hydrogen-bond acceptors (Lipinski definition) is 3. The van der Waals surface area contributed by atoms with Crippen LogP contribution in [0, 0.1) is 0 Å². The summed E-state index contributed by atoms with van der Waals surface area (Å²) in [6.45, 7) is 0.508. The fourth-order valence-corrected chi connectivity index (χ4v) is 2.66. The molecule has 0 aliphatic heterocycles. The molecule has 24 heavy (non-hydrogen) atoms. The van der Waals surface area contributed by atoms with Crippen molar-refractivity contribution in [1.82, 2.24) is 24.9 Å². The van der Waals surface area contributed by atoms with Crippen molar-refractivity contribution in [2.24, 2.45) is 0 Å². The van der Waals surface area contributed by atoms with Crippen LogP contribution >= 0.6 is 11.6 Å². The number of aromatic nitrogens is 4. The van der Waals surface area contributed by atoms with E-state index in [1.807, 2.05) is 53.4 Å². The molecule has 2 heterocycles. The van der Waals surface area contributed by atoms with Crippen molar-refractivity contribution in [1.29, 1.82) is 0 Å². The van der Waals surface area contributed by atoms with Crippen molar-refractivity contribution in [3.05, 3.63) is 65.1 Å². The lowest BCUT2D eigenvalue weighted by atomic mass is 10.2. The molecule has 0 atom stereocenters. The number of nitrogens with zero attached hydrogens (tertiary/aromatic N) is 4. The smallest absolute Gasteiger partial charge is 0.275 e. The Morgan fingerprint density at radius 2 is 1.92 bits per heavy atom. The predicted molar refractivity (Wildman–Crippen MR) is 90.4 cm³/mol. The number of benzene rings is 1. The van der Waals surface area contributed by atoms with E-state index in [-0.39, 0.29) is 11.9 Å². The Hall–Kier alpha value is -2.60. The van der Waals surface area contributed by atoms with Gasteiger partial charge in [0.1, 0.15) is 0 Å². The van der Waals surface area contributed by atoms with Crippen molar-refractivity contribution in [2.75, 3.05) is 0 Å². The van der Waals surface area contributed by atoms with Crippen molar-refractivity contribution in [3.63, 3.8) is 0 Å². The lowest BCUT2D eigenvalue weighted by Gasteiger charge is -2.09. The number of nitrogens with one attached hydrogen (secondary N) is 1. The van der Waals surface area contributed by atoms with Gasteiger partial charge in [-0.25, -0.2) is 4.68 Å². The highest BCUT2D eigenvalue weighted by Gasteiger charge is 2.28. The van der Waals surface area contributed by atoms with Crippen LogP contribution in [0.4, 0.5) is 0 Å². The molecule has 1 N–H and O–H groups in total. The molecule has 1 saturated carbocycles. The molecule has 0 spiro atoms. The number of rotatable bonds is 5. The Balaban J connectivity index is 1.69. The van der Waals surface area contributed by atoms with E-state index in [1.165, 1.54) is 0 Å². The first-order chi connectivity index (χ1) is 11.7. The van der Waals surface area contributed by atoms with Gasteiger partial charge in [-0.05, 0) is 42.7 Å². The minimum Gasteiger partial charge on any atom is -0.348 e. The first kappa shape index (κ1) is 15.0. The van der Waals surface area contributed by atoms with Crippen molar-refractivity contribution in [2.45, 2.75) is 25.4 Å². The molecule has 2 aromatic heterocycles. The van der Waals surface area contributed by atoms with Crippen LogP contribution in [-0.4, -0.2) is 31.5 Å². The normalized spacial score (nSPS) is 13.9. The zero-order valence-electron chi connectivity index (χ0n) is 12.9. The Kier molecular flexibility index (Phi) is 3.82. The molecule has 122 valence electrons. The molecule has 7 heteroatoms. The predicted octanol–water partition coefficient (Wildman–Crippen LogP) is 2.66. The number of amides is 1. The topological polar surface area (TPSA) is 64.7 Å². The first-order valence-corrected chi connectivity index (χ1v) is 8.20. The molecule has 3 aromatic rings. The summed E-state index contributed by atoms with van der Waals surface area (Å²) in [5.74, 6) is 0.483. The zero-order valence-corrected chi connectivity index (χ0v) is 13.6. The molecule has 0 unspecified atom stereocenters. The fraction of sp³-hybridized carbons (Fsp3) is 0.235. The van der Waals surface area contributed by atoms with Gasteiger partial charge < -0.3 is 9.88 Å². The van der Waals surface area contributed by atoms with Gasteiger partial charge >= 0.3 is 0 Å². The number of carbonyl (C=O) groups excluding carboxylic acids is 1. The van der Waals surface area contributed by atoms with Gasteiger partial charge in [-0.1, -0.05) is 28.9 Å². The summed E-state index contributed by atoms with van der Waals surface area (Å²) >= 11 is 5.94. The average Bonchev–Trinajstić information content (AvgIpc) is 3.08. The highest BCUT2D eigenvalue weighted by atomic mass is 35.5. The largest absolute Gasteiger partial charge is 0.348 e. The van der Waals surface area contributed by atoms with E-state index in [1.54, 1.807) is 4.68 Å². The SMILES string of the molecule is O=C(NC1CC1)c1nnn(Cc2ccc(Cl)cc2)c1-n1cccc1. The number of hydrogen-bond donors (Lipinski definition) is 1. The Bertz CT molecular complexity index is 850. The molecule has 0 bridgehead atoms. The Morgan fingerprint density at radius 1 is 1.21 bits per heavy atom. The molecular weight excluding hydrogens is 326 g/mol. The summed E-state index contributed by atoms with van der Waals surface area (Å²) in [7, 11) is 0. The van der Waals surface area contributed by atoms with Crippen LogP contribution in [-0.2, 0) is 6.54 Å². The maximum absolute atomic E-state index is 12.5. The molecular formula is C17H16ClN5O. The van der Waals surface area contributed by atoms with E-state index in [9.17, 15) is 4.79 Å². The van der Waals surface area contributed by atoms with Crippen molar-refractivity contribution in [3.8, 4) is 5.82 Å². The van der Waals surface area contributed by atoms with Crippen molar-refractivity contribution < 1.29 is 4.79 Å². The van der Waals surface area contributed by atoms with Gasteiger partial charge in [0.15, 0.2) is 11.5 Å². The number of halogens is 1. The quantitative estimate of drug-likeness (QED) is 0.776. The molecule has 1 aromatic carbocycles. The van der Waals surface area contributed by atoms with Gasteiger partial charge in [0.2, 0.25) is 0 Å². The third-order valence-corrected chi connectivity index (χ3v) is 4.18. The molecule has 1 aliphatic rings.